The zero-order valence-electron chi connectivity index (χ0n) is 36.3. The average Bonchev–Trinajstić information content (AvgIpc) is 3.40. The van der Waals surface area contributed by atoms with Gasteiger partial charge in [0.15, 0.2) is 0 Å². The van der Waals surface area contributed by atoms with Gasteiger partial charge in [-0.3, -0.25) is 0 Å². The predicted octanol–water partition coefficient (Wildman–Crippen LogP) is 17.9. The van der Waals surface area contributed by atoms with E-state index in [0.717, 1.165) is 89.8 Å². The van der Waals surface area contributed by atoms with E-state index in [-0.39, 0.29) is 0 Å². The molecule has 66 heavy (non-hydrogen) atoms. The summed E-state index contributed by atoms with van der Waals surface area (Å²) in [4.78, 5) is 9.47. The first-order valence-corrected chi connectivity index (χ1v) is 22.4. The van der Waals surface area contributed by atoms with Crippen LogP contribution in [0.1, 0.15) is 0 Å². The molecule has 4 heteroatoms. The highest BCUT2D eigenvalue weighted by Crippen LogP contribution is 2.51. The standard InChI is InChI=1S/C62H46N4/c1-7-23-47(24-8-1)63(48-25-9-2-10-26-48)53-39-43-55(44-40-53)65(51-31-15-5-16-32-51)61-57-35-19-21-37-59(57)62(60-38-22-20-36-58(60)61)66(52-33-17-6-18-34-52)56-45-41-54(42-46-56)64(49-27-11-3-12-28-49)50-29-13-4-14-30-50/h1-46H. The van der Waals surface area contributed by atoms with Crippen LogP contribution in [0.3, 0.4) is 0 Å². The largest absolute Gasteiger partial charge is 0.311 e. The van der Waals surface area contributed by atoms with E-state index in [1.165, 1.54) is 0 Å². The maximum atomic E-state index is 2.43. The Morgan fingerprint density at radius 2 is 0.288 bits per heavy atom. The van der Waals surface area contributed by atoms with Crippen LogP contribution in [0, 0.1) is 0 Å². The molecule has 0 aliphatic rings. The number of benzene rings is 11. The molecule has 0 heterocycles. The number of nitrogens with zero attached hydrogens (tertiary/aromatic N) is 4. The Morgan fingerprint density at radius 3 is 0.500 bits per heavy atom. The number of rotatable bonds is 12. The summed E-state index contributed by atoms with van der Waals surface area (Å²) in [6.45, 7) is 0. The molecule has 0 spiro atoms. The van der Waals surface area contributed by atoms with Crippen molar-refractivity contribution < 1.29 is 0 Å². The van der Waals surface area contributed by atoms with Crippen molar-refractivity contribution in [2.45, 2.75) is 0 Å². The fourth-order valence-electron chi connectivity index (χ4n) is 9.24. The minimum absolute atomic E-state index is 1.06. The first-order chi connectivity index (χ1) is 32.8. The minimum atomic E-state index is 1.06. The lowest BCUT2D eigenvalue weighted by Crippen LogP contribution is -2.15. The van der Waals surface area contributed by atoms with Crippen molar-refractivity contribution >= 4 is 89.8 Å². The van der Waals surface area contributed by atoms with Gasteiger partial charge in [0.2, 0.25) is 0 Å². The van der Waals surface area contributed by atoms with Crippen molar-refractivity contribution in [3.8, 4) is 0 Å². The second kappa shape index (κ2) is 18.1. The summed E-state index contributed by atoms with van der Waals surface area (Å²) in [5.41, 5.74) is 13.1. The number of hydrogen-bond donors (Lipinski definition) is 0. The normalized spacial score (nSPS) is 11.0. The van der Waals surface area contributed by atoms with Gasteiger partial charge in [0.1, 0.15) is 0 Å². The van der Waals surface area contributed by atoms with Gasteiger partial charge in [-0.25, -0.2) is 0 Å². The van der Waals surface area contributed by atoms with Gasteiger partial charge in [0, 0.05) is 78.4 Å². The smallest absolute Gasteiger partial charge is 0.0619 e. The molecule has 11 aromatic carbocycles. The van der Waals surface area contributed by atoms with Crippen molar-refractivity contribution in [2.24, 2.45) is 0 Å². The van der Waals surface area contributed by atoms with Crippen molar-refractivity contribution in [1.29, 1.82) is 0 Å². The molecule has 0 aliphatic carbocycles. The molecule has 0 saturated heterocycles. The zero-order valence-corrected chi connectivity index (χ0v) is 36.3. The zero-order chi connectivity index (χ0) is 44.1. The molecule has 314 valence electrons. The highest BCUT2D eigenvalue weighted by molar-refractivity contribution is 6.23. The lowest BCUT2D eigenvalue weighted by atomic mass is 9.95. The number of fused-ring (bicyclic) bond motifs is 2. The lowest BCUT2D eigenvalue weighted by Gasteiger charge is -2.33. The van der Waals surface area contributed by atoms with Gasteiger partial charge < -0.3 is 19.6 Å². The molecule has 11 aromatic rings. The van der Waals surface area contributed by atoms with Gasteiger partial charge in [-0.1, -0.05) is 158 Å². The summed E-state index contributed by atoms with van der Waals surface area (Å²) in [5, 5.41) is 4.58. The minimum Gasteiger partial charge on any atom is -0.311 e. The van der Waals surface area contributed by atoms with Crippen LogP contribution in [0.25, 0.3) is 21.5 Å². The van der Waals surface area contributed by atoms with E-state index in [1.54, 1.807) is 0 Å². The highest BCUT2D eigenvalue weighted by atomic mass is 15.2. The SMILES string of the molecule is c1ccc(N(c2ccccc2)c2ccc(N(c3ccccc3)c3c4ccccc4c(N(c4ccccc4)c4ccc(N(c5ccccc5)c5ccccc5)cc4)c4ccccc34)cc2)cc1. The Balaban J connectivity index is 1.09. The van der Waals surface area contributed by atoms with E-state index >= 15 is 0 Å². The second-order valence-electron chi connectivity index (χ2n) is 16.2. The quantitative estimate of drug-likeness (QED) is 0.0897. The third-order valence-electron chi connectivity index (χ3n) is 12.1. The average molecular weight is 847 g/mol. The highest BCUT2D eigenvalue weighted by Gasteiger charge is 2.26. The van der Waals surface area contributed by atoms with E-state index in [4.69, 9.17) is 0 Å². The summed E-state index contributed by atoms with van der Waals surface area (Å²) in [6.07, 6.45) is 0. The third kappa shape index (κ3) is 7.67. The van der Waals surface area contributed by atoms with E-state index in [9.17, 15) is 0 Å². The van der Waals surface area contributed by atoms with Crippen LogP contribution in [0.4, 0.5) is 68.2 Å². The van der Waals surface area contributed by atoms with Gasteiger partial charge >= 0.3 is 0 Å². The molecule has 0 saturated carbocycles. The van der Waals surface area contributed by atoms with E-state index < -0.39 is 0 Å². The maximum Gasteiger partial charge on any atom is 0.0619 e. The Bertz CT molecular complexity index is 2970. The van der Waals surface area contributed by atoms with Gasteiger partial charge in [-0.2, -0.15) is 0 Å². The summed E-state index contributed by atoms with van der Waals surface area (Å²) < 4.78 is 0. The third-order valence-corrected chi connectivity index (χ3v) is 12.1. The molecule has 0 aliphatic heterocycles. The fourth-order valence-corrected chi connectivity index (χ4v) is 9.24. The Kier molecular flexibility index (Phi) is 10.9. The monoisotopic (exact) mass is 846 g/mol. The van der Waals surface area contributed by atoms with Gasteiger partial charge in [-0.15, -0.1) is 0 Å². The fraction of sp³-hybridized carbons (Fsp3) is 0. The van der Waals surface area contributed by atoms with E-state index in [1.807, 2.05) is 0 Å². The van der Waals surface area contributed by atoms with Crippen LogP contribution in [-0.2, 0) is 0 Å². The molecule has 0 amide bonds. The van der Waals surface area contributed by atoms with Crippen LogP contribution < -0.4 is 19.6 Å². The molecule has 0 radical (unpaired) electrons. The molecule has 0 unspecified atom stereocenters. The molecular formula is C62H46N4. The van der Waals surface area contributed by atoms with Crippen LogP contribution >= 0.6 is 0 Å². The first-order valence-electron chi connectivity index (χ1n) is 22.4. The van der Waals surface area contributed by atoms with E-state index in [2.05, 4.69) is 299 Å². The topological polar surface area (TPSA) is 13.0 Å². The number of anilines is 12. The van der Waals surface area contributed by atoms with Gasteiger partial charge in [-0.05, 0) is 121 Å². The summed E-state index contributed by atoms with van der Waals surface area (Å²) in [6, 6.07) is 99.5. The van der Waals surface area contributed by atoms with Crippen LogP contribution in [0.15, 0.2) is 279 Å². The molecule has 0 bridgehead atoms. The van der Waals surface area contributed by atoms with E-state index in [0.29, 0.717) is 0 Å². The lowest BCUT2D eigenvalue weighted by molar-refractivity contribution is 1.26. The maximum absolute atomic E-state index is 2.43. The summed E-state index contributed by atoms with van der Waals surface area (Å²) in [5.74, 6) is 0. The van der Waals surface area contributed by atoms with Gasteiger partial charge in [0.05, 0.1) is 11.4 Å². The molecule has 0 atom stereocenters. The van der Waals surface area contributed by atoms with Crippen LogP contribution in [0.2, 0.25) is 0 Å². The van der Waals surface area contributed by atoms with Crippen molar-refractivity contribution in [2.75, 3.05) is 19.6 Å². The summed E-state index contributed by atoms with van der Waals surface area (Å²) in [7, 11) is 0. The van der Waals surface area contributed by atoms with Crippen molar-refractivity contribution in [3.05, 3.63) is 279 Å². The van der Waals surface area contributed by atoms with Crippen molar-refractivity contribution in [3.63, 3.8) is 0 Å². The second-order valence-corrected chi connectivity index (χ2v) is 16.2. The van der Waals surface area contributed by atoms with Crippen molar-refractivity contribution in [1.82, 2.24) is 0 Å². The Morgan fingerprint density at radius 1 is 0.136 bits per heavy atom. The predicted molar refractivity (Wildman–Crippen MR) is 280 cm³/mol. The molecule has 0 fully saturated rings. The number of para-hydroxylation sites is 6. The Hall–Kier alpha value is -8.86. The molecule has 11 rings (SSSR count). The first kappa shape index (κ1) is 40.0. The summed E-state index contributed by atoms with van der Waals surface area (Å²) >= 11 is 0. The van der Waals surface area contributed by atoms with Crippen LogP contribution in [0.5, 0.6) is 0 Å². The molecule has 0 aromatic heterocycles. The Labute approximate surface area is 386 Å². The number of hydrogen-bond acceptors (Lipinski definition) is 4. The molecular weight excluding hydrogens is 801 g/mol. The molecule has 4 nitrogen and oxygen atoms in total. The molecule has 0 N–H and O–H groups in total. The van der Waals surface area contributed by atoms with Crippen LogP contribution in [-0.4, -0.2) is 0 Å². The van der Waals surface area contributed by atoms with Gasteiger partial charge in [0.25, 0.3) is 0 Å².